The smallest absolute Gasteiger partial charge is 0.315 e. The molecule has 1 aliphatic rings. The van der Waals surface area contributed by atoms with Crippen molar-refractivity contribution < 1.29 is 13.9 Å². The summed E-state index contributed by atoms with van der Waals surface area (Å²) in [4.78, 5) is 12.9. The van der Waals surface area contributed by atoms with Crippen LogP contribution in [0.25, 0.3) is 0 Å². The standard InChI is InChI=1S/C20H37FO2/c1-7-20(8-2,16-12-10-9-11-13-16)23-17(22)19(6,15-21)14-18(3,4)5/h16H,7-15H2,1-6H3. The summed E-state index contributed by atoms with van der Waals surface area (Å²) in [6.45, 7) is 11.4. The second-order valence-corrected chi connectivity index (χ2v) is 8.93. The van der Waals surface area contributed by atoms with Gasteiger partial charge < -0.3 is 4.74 Å². The molecular formula is C20H37FO2. The fourth-order valence-corrected chi connectivity index (χ4v) is 4.34. The van der Waals surface area contributed by atoms with Crippen LogP contribution in [0.3, 0.4) is 0 Å². The second kappa shape index (κ2) is 7.98. The van der Waals surface area contributed by atoms with E-state index in [9.17, 15) is 9.18 Å². The number of halogens is 1. The van der Waals surface area contributed by atoms with E-state index >= 15 is 0 Å². The quantitative estimate of drug-likeness (QED) is 0.529. The Morgan fingerprint density at radius 2 is 1.57 bits per heavy atom. The molecule has 0 saturated heterocycles. The largest absolute Gasteiger partial charge is 0.458 e. The Balaban J connectivity index is 2.95. The average molecular weight is 329 g/mol. The fourth-order valence-electron chi connectivity index (χ4n) is 4.34. The Morgan fingerprint density at radius 3 is 1.96 bits per heavy atom. The van der Waals surface area contributed by atoms with Crippen molar-refractivity contribution in [3.05, 3.63) is 0 Å². The van der Waals surface area contributed by atoms with E-state index in [1.165, 1.54) is 19.3 Å². The lowest BCUT2D eigenvalue weighted by atomic mass is 9.73. The van der Waals surface area contributed by atoms with E-state index in [4.69, 9.17) is 4.74 Å². The van der Waals surface area contributed by atoms with Crippen molar-refractivity contribution >= 4 is 5.97 Å². The molecule has 0 spiro atoms. The van der Waals surface area contributed by atoms with Gasteiger partial charge in [0.2, 0.25) is 0 Å². The first kappa shape index (κ1) is 20.4. The van der Waals surface area contributed by atoms with Gasteiger partial charge in [0, 0.05) is 0 Å². The van der Waals surface area contributed by atoms with Crippen LogP contribution in [0.2, 0.25) is 0 Å². The van der Waals surface area contributed by atoms with Crippen molar-refractivity contribution in [3.8, 4) is 0 Å². The third-order valence-corrected chi connectivity index (χ3v) is 5.55. The minimum absolute atomic E-state index is 0.105. The number of carbonyl (C=O) groups is 1. The zero-order chi connectivity index (χ0) is 17.7. The summed E-state index contributed by atoms with van der Waals surface area (Å²) in [6, 6.07) is 0. The Kier molecular flexibility index (Phi) is 7.10. The lowest BCUT2D eigenvalue weighted by molar-refractivity contribution is -0.184. The molecule has 1 atom stereocenters. The highest BCUT2D eigenvalue weighted by molar-refractivity contribution is 5.77. The fraction of sp³-hybridized carbons (Fsp3) is 0.950. The van der Waals surface area contributed by atoms with Crippen LogP contribution in [0.15, 0.2) is 0 Å². The number of ether oxygens (including phenoxy) is 1. The molecule has 2 nitrogen and oxygen atoms in total. The second-order valence-electron chi connectivity index (χ2n) is 8.93. The van der Waals surface area contributed by atoms with Crippen LogP contribution in [0.4, 0.5) is 4.39 Å². The van der Waals surface area contributed by atoms with Gasteiger partial charge in [-0.25, -0.2) is 4.39 Å². The van der Waals surface area contributed by atoms with E-state index < -0.39 is 17.7 Å². The zero-order valence-corrected chi connectivity index (χ0v) is 16.1. The number of rotatable bonds is 7. The van der Waals surface area contributed by atoms with E-state index in [0.29, 0.717) is 12.3 Å². The van der Waals surface area contributed by atoms with Gasteiger partial charge in [-0.2, -0.15) is 0 Å². The van der Waals surface area contributed by atoms with Crippen LogP contribution in [0.5, 0.6) is 0 Å². The molecule has 1 unspecified atom stereocenters. The molecule has 0 aromatic heterocycles. The highest BCUT2D eigenvalue weighted by atomic mass is 19.1. The summed E-state index contributed by atoms with van der Waals surface area (Å²) >= 11 is 0. The van der Waals surface area contributed by atoms with Crippen molar-refractivity contribution in [2.75, 3.05) is 6.67 Å². The normalized spacial score (nSPS) is 20.1. The van der Waals surface area contributed by atoms with E-state index in [-0.39, 0.29) is 11.4 Å². The first-order chi connectivity index (χ1) is 10.6. The Hall–Kier alpha value is -0.600. The van der Waals surface area contributed by atoms with Crippen LogP contribution >= 0.6 is 0 Å². The molecule has 0 radical (unpaired) electrons. The van der Waals surface area contributed by atoms with Crippen molar-refractivity contribution in [2.45, 2.75) is 98.5 Å². The van der Waals surface area contributed by atoms with Crippen molar-refractivity contribution in [2.24, 2.45) is 16.7 Å². The number of alkyl halides is 1. The Morgan fingerprint density at radius 1 is 1.04 bits per heavy atom. The van der Waals surface area contributed by atoms with E-state index in [0.717, 1.165) is 25.7 Å². The summed E-state index contributed by atoms with van der Waals surface area (Å²) in [7, 11) is 0. The molecule has 3 heteroatoms. The summed E-state index contributed by atoms with van der Waals surface area (Å²) < 4.78 is 19.8. The molecule has 23 heavy (non-hydrogen) atoms. The van der Waals surface area contributed by atoms with Crippen LogP contribution < -0.4 is 0 Å². The lowest BCUT2D eigenvalue weighted by Gasteiger charge is -2.43. The molecular weight excluding hydrogens is 291 g/mol. The van der Waals surface area contributed by atoms with Gasteiger partial charge in [-0.3, -0.25) is 4.79 Å². The molecule has 0 amide bonds. The molecule has 1 saturated carbocycles. The molecule has 0 heterocycles. The molecule has 0 aromatic rings. The van der Waals surface area contributed by atoms with Crippen molar-refractivity contribution in [1.82, 2.24) is 0 Å². The topological polar surface area (TPSA) is 26.3 Å². The number of esters is 1. The van der Waals surface area contributed by atoms with Crippen LogP contribution in [0, 0.1) is 16.7 Å². The van der Waals surface area contributed by atoms with E-state index in [2.05, 4.69) is 13.8 Å². The van der Waals surface area contributed by atoms with Crippen molar-refractivity contribution in [3.63, 3.8) is 0 Å². The molecule has 136 valence electrons. The average Bonchev–Trinajstić information content (AvgIpc) is 2.51. The molecule has 1 aliphatic carbocycles. The van der Waals surface area contributed by atoms with Crippen LogP contribution in [-0.4, -0.2) is 18.2 Å². The van der Waals surface area contributed by atoms with Crippen molar-refractivity contribution in [1.29, 1.82) is 0 Å². The maximum absolute atomic E-state index is 13.7. The number of carbonyl (C=O) groups excluding carboxylic acids is 1. The summed E-state index contributed by atoms with van der Waals surface area (Å²) in [5.41, 5.74) is -1.56. The lowest BCUT2D eigenvalue weighted by Crippen LogP contribution is -2.47. The van der Waals surface area contributed by atoms with Gasteiger partial charge in [-0.1, -0.05) is 53.9 Å². The molecule has 0 N–H and O–H groups in total. The van der Waals surface area contributed by atoms with Gasteiger partial charge in [0.15, 0.2) is 0 Å². The van der Waals surface area contributed by atoms with E-state index in [1.807, 2.05) is 20.8 Å². The predicted octanol–water partition coefficient (Wildman–Crippen LogP) is 6.08. The SMILES string of the molecule is CCC(CC)(OC(=O)C(C)(CF)CC(C)(C)C)C1CCCCC1. The maximum atomic E-state index is 13.7. The summed E-state index contributed by atoms with van der Waals surface area (Å²) in [6.07, 6.45) is 8.10. The minimum Gasteiger partial charge on any atom is -0.458 e. The predicted molar refractivity (Wildman–Crippen MR) is 94.1 cm³/mol. The van der Waals surface area contributed by atoms with Crippen LogP contribution in [0.1, 0.15) is 92.9 Å². The molecule has 0 aromatic carbocycles. The molecule has 1 rings (SSSR count). The summed E-state index contributed by atoms with van der Waals surface area (Å²) in [5.74, 6) is 0.0814. The highest BCUT2D eigenvalue weighted by Crippen LogP contribution is 2.42. The van der Waals surface area contributed by atoms with Gasteiger partial charge in [0.25, 0.3) is 0 Å². The van der Waals surface area contributed by atoms with Gasteiger partial charge in [-0.15, -0.1) is 0 Å². The highest BCUT2D eigenvalue weighted by Gasteiger charge is 2.45. The van der Waals surface area contributed by atoms with Crippen LogP contribution in [-0.2, 0) is 9.53 Å². The van der Waals surface area contributed by atoms with Gasteiger partial charge in [-0.05, 0) is 50.4 Å². The monoisotopic (exact) mass is 328 g/mol. The molecule has 0 aliphatic heterocycles. The zero-order valence-electron chi connectivity index (χ0n) is 16.1. The first-order valence-electron chi connectivity index (χ1n) is 9.42. The third kappa shape index (κ3) is 5.19. The van der Waals surface area contributed by atoms with Gasteiger partial charge >= 0.3 is 5.97 Å². The number of hydrogen-bond acceptors (Lipinski definition) is 2. The first-order valence-corrected chi connectivity index (χ1v) is 9.42. The van der Waals surface area contributed by atoms with E-state index in [1.54, 1.807) is 6.92 Å². The number of hydrogen-bond donors (Lipinski definition) is 0. The third-order valence-electron chi connectivity index (χ3n) is 5.55. The molecule has 0 bridgehead atoms. The maximum Gasteiger partial charge on any atom is 0.315 e. The minimum atomic E-state index is -1.04. The summed E-state index contributed by atoms with van der Waals surface area (Å²) in [5, 5.41) is 0. The molecule has 1 fully saturated rings. The van der Waals surface area contributed by atoms with Gasteiger partial charge in [0.1, 0.15) is 12.3 Å². The van der Waals surface area contributed by atoms with Gasteiger partial charge in [0.05, 0.1) is 5.41 Å². The Labute approximate surface area is 142 Å². The Bertz CT molecular complexity index is 376.